The molecule has 0 aliphatic heterocycles. The highest BCUT2D eigenvalue weighted by molar-refractivity contribution is 7.91. The Morgan fingerprint density at radius 2 is 2.29 bits per heavy atom. The Bertz CT molecular complexity index is 540. The fourth-order valence-corrected chi connectivity index (χ4v) is 3.64. The summed E-state index contributed by atoms with van der Waals surface area (Å²) in [5.74, 6) is 0.232. The van der Waals surface area contributed by atoms with Gasteiger partial charge >= 0.3 is 0 Å². The van der Waals surface area contributed by atoms with Gasteiger partial charge in [0, 0.05) is 6.54 Å². The molecule has 1 aromatic rings. The minimum Gasteiger partial charge on any atom is -0.391 e. The van der Waals surface area contributed by atoms with E-state index in [4.69, 9.17) is 5.26 Å². The van der Waals surface area contributed by atoms with E-state index in [0.717, 1.165) is 24.2 Å². The number of thiophene rings is 1. The molecule has 0 saturated heterocycles. The summed E-state index contributed by atoms with van der Waals surface area (Å²) in [7, 11) is -3.59. The lowest BCUT2D eigenvalue weighted by Crippen LogP contribution is -2.32. The van der Waals surface area contributed by atoms with Crippen molar-refractivity contribution in [3.63, 3.8) is 0 Å². The first kappa shape index (κ1) is 12.5. The van der Waals surface area contributed by atoms with Crippen LogP contribution in [0.1, 0.15) is 17.7 Å². The Hall–Kier alpha value is -0.940. The molecule has 7 heteroatoms. The van der Waals surface area contributed by atoms with Gasteiger partial charge in [-0.15, -0.1) is 11.3 Å². The number of aliphatic hydroxyl groups excluding tert-OH is 1. The largest absolute Gasteiger partial charge is 0.391 e. The van der Waals surface area contributed by atoms with Crippen molar-refractivity contribution in [2.45, 2.75) is 23.2 Å². The normalized spacial score (nSPS) is 17.6. The summed E-state index contributed by atoms with van der Waals surface area (Å²) < 4.78 is 26.0. The van der Waals surface area contributed by atoms with Crippen molar-refractivity contribution in [3.8, 4) is 6.07 Å². The quantitative estimate of drug-likeness (QED) is 0.824. The zero-order valence-corrected chi connectivity index (χ0v) is 10.6. The molecule has 1 fully saturated rings. The number of nitrogens with zero attached hydrogens (tertiary/aromatic N) is 1. The number of rotatable bonds is 5. The fourth-order valence-electron chi connectivity index (χ4n) is 1.44. The van der Waals surface area contributed by atoms with E-state index in [-0.39, 0.29) is 16.7 Å². The number of nitriles is 1. The number of aliphatic hydroxyl groups is 1. The van der Waals surface area contributed by atoms with Gasteiger partial charge in [-0.05, 0) is 30.9 Å². The molecule has 0 spiro atoms. The number of nitrogens with one attached hydrogen (secondary N) is 1. The van der Waals surface area contributed by atoms with Crippen LogP contribution in [0.5, 0.6) is 0 Å². The van der Waals surface area contributed by atoms with Gasteiger partial charge in [0.2, 0.25) is 10.0 Å². The van der Waals surface area contributed by atoms with Gasteiger partial charge in [-0.2, -0.15) is 5.26 Å². The van der Waals surface area contributed by atoms with E-state index in [2.05, 4.69) is 4.72 Å². The number of hydrogen-bond donors (Lipinski definition) is 2. The summed E-state index contributed by atoms with van der Waals surface area (Å²) in [5.41, 5.74) is 0. The minimum atomic E-state index is -3.59. The van der Waals surface area contributed by atoms with Crippen LogP contribution in [0.15, 0.2) is 16.3 Å². The summed E-state index contributed by atoms with van der Waals surface area (Å²) in [4.78, 5) is 0.355. The fraction of sp³-hybridized carbons (Fsp3) is 0.500. The number of hydrogen-bond acceptors (Lipinski definition) is 5. The van der Waals surface area contributed by atoms with Crippen LogP contribution in [0.25, 0.3) is 0 Å². The van der Waals surface area contributed by atoms with Crippen molar-refractivity contribution in [1.29, 1.82) is 5.26 Å². The summed E-state index contributed by atoms with van der Waals surface area (Å²) in [5, 5.41) is 18.2. The molecule has 1 atom stereocenters. The van der Waals surface area contributed by atoms with Gasteiger partial charge in [-0.1, -0.05) is 0 Å². The van der Waals surface area contributed by atoms with Crippen LogP contribution >= 0.6 is 11.3 Å². The molecule has 1 aliphatic carbocycles. The van der Waals surface area contributed by atoms with E-state index in [0.29, 0.717) is 4.88 Å². The Labute approximate surface area is 104 Å². The lowest BCUT2D eigenvalue weighted by Gasteiger charge is -2.09. The van der Waals surface area contributed by atoms with Gasteiger partial charge < -0.3 is 5.11 Å². The van der Waals surface area contributed by atoms with E-state index in [9.17, 15) is 13.5 Å². The second kappa shape index (κ2) is 4.74. The molecule has 0 bridgehead atoms. The van der Waals surface area contributed by atoms with Crippen LogP contribution in [0.2, 0.25) is 0 Å². The molecule has 2 N–H and O–H groups in total. The highest BCUT2D eigenvalue weighted by Gasteiger charge is 2.30. The Balaban J connectivity index is 2.00. The van der Waals surface area contributed by atoms with Crippen molar-refractivity contribution < 1.29 is 13.5 Å². The van der Waals surface area contributed by atoms with Gasteiger partial charge in [0.05, 0.1) is 6.10 Å². The van der Waals surface area contributed by atoms with Gasteiger partial charge in [0.15, 0.2) is 0 Å². The zero-order valence-electron chi connectivity index (χ0n) is 8.96. The number of sulfonamides is 1. The average molecular weight is 272 g/mol. The van der Waals surface area contributed by atoms with Crippen molar-refractivity contribution in [1.82, 2.24) is 4.72 Å². The highest BCUT2D eigenvalue weighted by atomic mass is 32.2. The molecule has 5 nitrogen and oxygen atoms in total. The summed E-state index contributed by atoms with van der Waals surface area (Å²) >= 11 is 0.922. The van der Waals surface area contributed by atoms with Crippen LogP contribution in [0, 0.1) is 17.2 Å². The van der Waals surface area contributed by atoms with Crippen LogP contribution in [-0.2, 0) is 10.0 Å². The van der Waals surface area contributed by atoms with Crippen molar-refractivity contribution in [2.24, 2.45) is 5.92 Å². The van der Waals surface area contributed by atoms with Crippen LogP contribution in [-0.4, -0.2) is 26.2 Å². The third-order valence-corrected chi connectivity index (χ3v) is 5.51. The first-order valence-corrected chi connectivity index (χ1v) is 7.50. The average Bonchev–Trinajstić information content (AvgIpc) is 3.03. The topological polar surface area (TPSA) is 90.2 Å². The Morgan fingerprint density at radius 3 is 2.82 bits per heavy atom. The van der Waals surface area contributed by atoms with E-state index in [1.54, 1.807) is 0 Å². The van der Waals surface area contributed by atoms with Crippen LogP contribution in [0.4, 0.5) is 0 Å². The maximum absolute atomic E-state index is 11.8. The molecule has 1 heterocycles. The van der Waals surface area contributed by atoms with E-state index >= 15 is 0 Å². The van der Waals surface area contributed by atoms with Crippen LogP contribution in [0.3, 0.4) is 0 Å². The molecular formula is C10H12N2O3S2. The standard InChI is InChI=1S/C10H12N2O3S2/c11-5-8-3-4-10(16-8)17(14,15)12-6-9(13)7-1-2-7/h3-4,7,9,12-13H,1-2,6H2. The highest BCUT2D eigenvalue weighted by Crippen LogP contribution is 2.32. The molecule has 0 radical (unpaired) electrons. The van der Waals surface area contributed by atoms with Gasteiger partial charge in [0.25, 0.3) is 0 Å². The maximum Gasteiger partial charge on any atom is 0.250 e. The van der Waals surface area contributed by atoms with Gasteiger partial charge in [-0.25, -0.2) is 13.1 Å². The molecule has 92 valence electrons. The first-order chi connectivity index (χ1) is 8.03. The molecule has 0 aromatic carbocycles. The minimum absolute atomic E-state index is 0.0345. The third kappa shape index (κ3) is 3.04. The van der Waals surface area contributed by atoms with E-state index in [1.165, 1.54) is 12.1 Å². The SMILES string of the molecule is N#Cc1ccc(S(=O)(=O)NCC(O)C2CC2)s1. The molecular weight excluding hydrogens is 260 g/mol. The summed E-state index contributed by atoms with van der Waals surface area (Å²) in [6, 6.07) is 4.76. The molecule has 1 saturated carbocycles. The molecule has 1 aromatic heterocycles. The lowest BCUT2D eigenvalue weighted by molar-refractivity contribution is 0.155. The predicted molar refractivity (Wildman–Crippen MR) is 63.0 cm³/mol. The lowest BCUT2D eigenvalue weighted by atomic mass is 10.2. The van der Waals surface area contributed by atoms with Crippen LogP contribution < -0.4 is 4.72 Å². The molecule has 1 aliphatic rings. The molecule has 17 heavy (non-hydrogen) atoms. The van der Waals surface area contributed by atoms with E-state index < -0.39 is 16.1 Å². The summed E-state index contributed by atoms with van der Waals surface area (Å²) in [6.07, 6.45) is 1.31. The Kier molecular flexibility index (Phi) is 3.49. The third-order valence-electron chi connectivity index (χ3n) is 2.61. The molecule has 1 unspecified atom stereocenters. The van der Waals surface area contributed by atoms with Crippen molar-refractivity contribution in [2.75, 3.05) is 6.54 Å². The molecule has 0 amide bonds. The first-order valence-electron chi connectivity index (χ1n) is 5.20. The van der Waals surface area contributed by atoms with Crippen molar-refractivity contribution in [3.05, 3.63) is 17.0 Å². The monoisotopic (exact) mass is 272 g/mol. The Morgan fingerprint density at radius 1 is 1.59 bits per heavy atom. The summed E-state index contributed by atoms with van der Waals surface area (Å²) in [6.45, 7) is 0.0345. The second-order valence-corrected chi connectivity index (χ2v) is 7.06. The van der Waals surface area contributed by atoms with E-state index in [1.807, 2.05) is 6.07 Å². The molecule has 2 rings (SSSR count). The van der Waals surface area contributed by atoms with Gasteiger partial charge in [0.1, 0.15) is 15.2 Å². The van der Waals surface area contributed by atoms with Crippen molar-refractivity contribution >= 4 is 21.4 Å². The predicted octanol–water partition coefficient (Wildman–Crippen LogP) is 0.669. The van der Waals surface area contributed by atoms with Gasteiger partial charge in [-0.3, -0.25) is 0 Å². The maximum atomic E-state index is 11.8. The zero-order chi connectivity index (χ0) is 12.5. The second-order valence-electron chi connectivity index (χ2n) is 3.99. The smallest absolute Gasteiger partial charge is 0.250 e.